The number of carbonyl (C=O) groups excluding carboxylic acids is 1. The summed E-state index contributed by atoms with van der Waals surface area (Å²) < 4.78 is 5.24. The van der Waals surface area contributed by atoms with Crippen molar-refractivity contribution in [2.24, 2.45) is 5.92 Å². The molecule has 1 amide bonds. The molecule has 2 aromatic rings. The van der Waals surface area contributed by atoms with Crippen LogP contribution < -0.4 is 10.6 Å². The van der Waals surface area contributed by atoms with E-state index < -0.39 is 0 Å². The number of carbonyl (C=O) groups is 1. The van der Waals surface area contributed by atoms with Gasteiger partial charge in [-0.15, -0.1) is 12.4 Å². The van der Waals surface area contributed by atoms with Gasteiger partial charge in [-0.2, -0.15) is 4.98 Å². The van der Waals surface area contributed by atoms with E-state index in [2.05, 4.69) is 20.8 Å². The summed E-state index contributed by atoms with van der Waals surface area (Å²) in [5, 5.41) is 10.6. The van der Waals surface area contributed by atoms with E-state index in [4.69, 9.17) is 16.1 Å². The van der Waals surface area contributed by atoms with E-state index >= 15 is 0 Å². The number of rotatable bonds is 7. The van der Waals surface area contributed by atoms with Gasteiger partial charge in [0.2, 0.25) is 5.91 Å². The summed E-state index contributed by atoms with van der Waals surface area (Å²) in [4.78, 5) is 16.2. The molecule has 1 aliphatic carbocycles. The predicted molar refractivity (Wildman–Crippen MR) is 94.1 cm³/mol. The van der Waals surface area contributed by atoms with E-state index in [1.54, 1.807) is 12.1 Å². The summed E-state index contributed by atoms with van der Waals surface area (Å²) in [6.07, 6.45) is 2.53. The van der Waals surface area contributed by atoms with Crippen LogP contribution in [0.2, 0.25) is 5.02 Å². The molecule has 6 nitrogen and oxygen atoms in total. The molecule has 0 radical (unpaired) electrons. The number of amides is 1. The molecule has 1 heterocycles. The maximum Gasteiger partial charge on any atom is 0.257 e. The molecule has 8 heteroatoms. The summed E-state index contributed by atoms with van der Waals surface area (Å²) in [5.41, 5.74) is 0.790. The highest BCUT2D eigenvalue weighted by atomic mass is 35.5. The fraction of sp³-hybridized carbons (Fsp3) is 0.438. The van der Waals surface area contributed by atoms with Gasteiger partial charge in [-0.3, -0.25) is 4.79 Å². The zero-order valence-electron chi connectivity index (χ0n) is 13.3. The highest BCUT2D eigenvalue weighted by Crippen LogP contribution is 2.27. The average Bonchev–Trinajstić information content (AvgIpc) is 3.21. The SMILES string of the molecule is CC(NC(=O)CNCC1CC1)c1noc(-c2ccc(Cl)cc2)n1.Cl. The van der Waals surface area contributed by atoms with Gasteiger partial charge >= 0.3 is 0 Å². The lowest BCUT2D eigenvalue weighted by Gasteiger charge is -2.10. The number of halogens is 2. The molecule has 0 saturated heterocycles. The van der Waals surface area contributed by atoms with Crippen LogP contribution in [-0.2, 0) is 4.79 Å². The van der Waals surface area contributed by atoms with E-state index in [1.807, 2.05) is 19.1 Å². The molecule has 3 rings (SSSR count). The zero-order valence-corrected chi connectivity index (χ0v) is 14.9. The lowest BCUT2D eigenvalue weighted by Crippen LogP contribution is -2.36. The molecule has 0 spiro atoms. The minimum Gasteiger partial charge on any atom is -0.345 e. The number of benzene rings is 1. The molecule has 0 bridgehead atoms. The first kappa shape index (κ1) is 18.7. The van der Waals surface area contributed by atoms with Gasteiger partial charge < -0.3 is 15.2 Å². The highest BCUT2D eigenvalue weighted by Gasteiger charge is 2.21. The molecule has 1 saturated carbocycles. The van der Waals surface area contributed by atoms with Crippen molar-refractivity contribution in [3.8, 4) is 11.5 Å². The summed E-state index contributed by atoms with van der Waals surface area (Å²) in [6, 6.07) is 6.83. The molecule has 2 N–H and O–H groups in total. The van der Waals surface area contributed by atoms with Crippen LogP contribution in [-0.4, -0.2) is 29.1 Å². The van der Waals surface area contributed by atoms with Crippen molar-refractivity contribution in [1.82, 2.24) is 20.8 Å². The van der Waals surface area contributed by atoms with Gasteiger partial charge in [0.15, 0.2) is 5.82 Å². The second-order valence-corrected chi connectivity index (χ2v) is 6.26. The van der Waals surface area contributed by atoms with Crippen molar-refractivity contribution in [2.45, 2.75) is 25.8 Å². The van der Waals surface area contributed by atoms with Crippen LogP contribution in [0, 0.1) is 5.92 Å². The second-order valence-electron chi connectivity index (χ2n) is 5.83. The summed E-state index contributed by atoms with van der Waals surface area (Å²) in [7, 11) is 0. The molecule has 1 aliphatic rings. The maximum atomic E-state index is 11.9. The van der Waals surface area contributed by atoms with Crippen LogP contribution in [0.25, 0.3) is 11.5 Å². The Hall–Kier alpha value is -1.63. The quantitative estimate of drug-likeness (QED) is 0.782. The number of aromatic nitrogens is 2. The van der Waals surface area contributed by atoms with Gasteiger partial charge in [-0.25, -0.2) is 0 Å². The Bertz CT molecular complexity index is 671. The molecule has 1 aromatic heterocycles. The smallest absolute Gasteiger partial charge is 0.257 e. The van der Waals surface area contributed by atoms with E-state index in [1.165, 1.54) is 12.8 Å². The molecule has 1 fully saturated rings. The normalized spacial score (nSPS) is 14.8. The maximum absolute atomic E-state index is 11.9. The van der Waals surface area contributed by atoms with Crippen molar-refractivity contribution in [1.29, 1.82) is 0 Å². The molecule has 1 aromatic carbocycles. The lowest BCUT2D eigenvalue weighted by molar-refractivity contribution is -0.120. The van der Waals surface area contributed by atoms with Crippen molar-refractivity contribution < 1.29 is 9.32 Å². The summed E-state index contributed by atoms with van der Waals surface area (Å²) >= 11 is 5.86. The van der Waals surface area contributed by atoms with E-state index in [9.17, 15) is 4.79 Å². The number of hydrogen-bond donors (Lipinski definition) is 2. The average molecular weight is 371 g/mol. The second kappa shape index (κ2) is 8.46. The zero-order chi connectivity index (χ0) is 16.2. The van der Waals surface area contributed by atoms with Crippen molar-refractivity contribution in [3.05, 3.63) is 35.1 Å². The Morgan fingerprint density at radius 1 is 1.38 bits per heavy atom. The van der Waals surface area contributed by atoms with E-state index in [0.29, 0.717) is 23.3 Å². The Balaban J connectivity index is 0.00000208. The third-order valence-corrected chi connectivity index (χ3v) is 3.97. The van der Waals surface area contributed by atoms with Gasteiger partial charge in [0.1, 0.15) is 0 Å². The summed E-state index contributed by atoms with van der Waals surface area (Å²) in [5.74, 6) is 1.53. The van der Waals surface area contributed by atoms with Gasteiger partial charge in [-0.1, -0.05) is 16.8 Å². The highest BCUT2D eigenvalue weighted by molar-refractivity contribution is 6.30. The molecule has 24 heavy (non-hydrogen) atoms. The van der Waals surface area contributed by atoms with Crippen LogP contribution in [0.5, 0.6) is 0 Å². The van der Waals surface area contributed by atoms with Gasteiger partial charge in [-0.05, 0) is 56.5 Å². The Morgan fingerprint density at radius 3 is 2.75 bits per heavy atom. The third-order valence-electron chi connectivity index (χ3n) is 3.71. The predicted octanol–water partition coefficient (Wildman–Crippen LogP) is 2.99. The summed E-state index contributed by atoms with van der Waals surface area (Å²) in [6.45, 7) is 3.04. The van der Waals surface area contributed by atoms with Gasteiger partial charge in [0.05, 0.1) is 12.6 Å². The van der Waals surface area contributed by atoms with Crippen molar-refractivity contribution in [2.75, 3.05) is 13.1 Å². The molecule has 130 valence electrons. The monoisotopic (exact) mass is 370 g/mol. The first-order valence-electron chi connectivity index (χ1n) is 7.71. The Kier molecular flexibility index (Phi) is 6.60. The molecule has 0 aliphatic heterocycles. The fourth-order valence-electron chi connectivity index (χ4n) is 2.19. The Morgan fingerprint density at radius 2 is 2.08 bits per heavy atom. The molecular weight excluding hydrogens is 351 g/mol. The largest absolute Gasteiger partial charge is 0.345 e. The molecular formula is C16H20Cl2N4O2. The van der Waals surface area contributed by atoms with Crippen LogP contribution >= 0.6 is 24.0 Å². The van der Waals surface area contributed by atoms with Gasteiger partial charge in [0, 0.05) is 10.6 Å². The van der Waals surface area contributed by atoms with Crippen LogP contribution in [0.15, 0.2) is 28.8 Å². The number of nitrogens with zero attached hydrogens (tertiary/aromatic N) is 2. The molecule has 1 atom stereocenters. The number of hydrogen-bond acceptors (Lipinski definition) is 5. The Labute approximate surface area is 151 Å². The lowest BCUT2D eigenvalue weighted by atomic mass is 10.2. The first-order chi connectivity index (χ1) is 11.1. The van der Waals surface area contributed by atoms with E-state index in [-0.39, 0.29) is 24.4 Å². The van der Waals surface area contributed by atoms with Crippen LogP contribution in [0.4, 0.5) is 0 Å². The third kappa shape index (κ3) is 5.19. The minimum atomic E-state index is -0.310. The molecule has 1 unspecified atom stereocenters. The van der Waals surface area contributed by atoms with Crippen LogP contribution in [0.1, 0.15) is 31.6 Å². The van der Waals surface area contributed by atoms with Crippen molar-refractivity contribution >= 4 is 29.9 Å². The fourth-order valence-corrected chi connectivity index (χ4v) is 2.32. The minimum absolute atomic E-state index is 0. The standard InChI is InChI=1S/C16H19ClN4O2.ClH/c1-10(19-14(22)9-18-8-11-2-3-11)15-20-16(23-21-15)12-4-6-13(17)7-5-12;/h4-7,10-11,18H,2-3,8-9H2,1H3,(H,19,22);1H. The van der Waals surface area contributed by atoms with Crippen LogP contribution in [0.3, 0.4) is 0 Å². The van der Waals surface area contributed by atoms with E-state index in [0.717, 1.165) is 18.0 Å². The first-order valence-corrected chi connectivity index (χ1v) is 8.09. The topological polar surface area (TPSA) is 80.0 Å². The van der Waals surface area contributed by atoms with Crippen molar-refractivity contribution in [3.63, 3.8) is 0 Å². The number of nitrogens with one attached hydrogen (secondary N) is 2. The van der Waals surface area contributed by atoms with Gasteiger partial charge in [0.25, 0.3) is 5.89 Å².